The van der Waals surface area contributed by atoms with Gasteiger partial charge < -0.3 is 9.47 Å². The highest BCUT2D eigenvalue weighted by Gasteiger charge is 2.33. The summed E-state index contributed by atoms with van der Waals surface area (Å²) in [5.74, 6) is 0. The van der Waals surface area contributed by atoms with Crippen molar-refractivity contribution in [3.8, 4) is 0 Å². The summed E-state index contributed by atoms with van der Waals surface area (Å²) >= 11 is 3.36. The average Bonchev–Trinajstić information content (AvgIpc) is 2.25. The van der Waals surface area contributed by atoms with Gasteiger partial charge in [-0.25, -0.2) is 0 Å². The van der Waals surface area contributed by atoms with Crippen molar-refractivity contribution in [1.82, 2.24) is 0 Å². The molecular weight excluding hydrogens is 289 g/mol. The molecule has 0 aromatic heterocycles. The molecule has 0 unspecified atom stereocenters. The van der Waals surface area contributed by atoms with E-state index in [0.717, 1.165) is 12.8 Å². The van der Waals surface area contributed by atoms with Gasteiger partial charge in [-0.05, 0) is 6.42 Å². The smallest absolute Gasteiger partial charge is 0.381 e. The Labute approximate surface area is 102 Å². The predicted molar refractivity (Wildman–Crippen MR) is 57.8 cm³/mol. The second-order valence-corrected chi connectivity index (χ2v) is 4.56. The van der Waals surface area contributed by atoms with Crippen molar-refractivity contribution in [1.29, 1.82) is 0 Å². The minimum absolute atomic E-state index is 0.0269. The molecule has 0 saturated carbocycles. The van der Waals surface area contributed by atoms with Gasteiger partial charge in [0.1, 0.15) is 0 Å². The van der Waals surface area contributed by atoms with Crippen LogP contribution in [0.1, 0.15) is 25.7 Å². The van der Waals surface area contributed by atoms with Crippen LogP contribution < -0.4 is 0 Å². The highest BCUT2D eigenvalue weighted by molar-refractivity contribution is 9.09. The van der Waals surface area contributed by atoms with Crippen molar-refractivity contribution >= 4 is 15.9 Å². The first-order valence-corrected chi connectivity index (χ1v) is 6.44. The minimum atomic E-state index is -4.08. The van der Waals surface area contributed by atoms with E-state index in [1.54, 1.807) is 0 Å². The Morgan fingerprint density at radius 3 is 2.38 bits per heavy atom. The molecule has 16 heavy (non-hydrogen) atoms. The van der Waals surface area contributed by atoms with Crippen LogP contribution in [0.4, 0.5) is 13.2 Å². The summed E-state index contributed by atoms with van der Waals surface area (Å²) in [7, 11) is 0. The molecule has 1 fully saturated rings. The Balaban J connectivity index is 2.23. The molecule has 1 saturated heterocycles. The van der Waals surface area contributed by atoms with Crippen LogP contribution in [-0.2, 0) is 9.47 Å². The second-order valence-electron chi connectivity index (χ2n) is 4.00. The number of hydrogen-bond acceptors (Lipinski definition) is 2. The molecule has 1 aliphatic rings. The first-order chi connectivity index (χ1) is 7.47. The van der Waals surface area contributed by atoms with E-state index in [0.29, 0.717) is 18.5 Å². The largest absolute Gasteiger partial charge is 0.389 e. The fourth-order valence-corrected chi connectivity index (χ4v) is 2.34. The number of alkyl halides is 4. The summed E-state index contributed by atoms with van der Waals surface area (Å²) < 4.78 is 46.5. The highest BCUT2D eigenvalue weighted by atomic mass is 79.9. The van der Waals surface area contributed by atoms with Crippen LogP contribution in [-0.4, -0.2) is 36.9 Å². The molecule has 96 valence electrons. The molecule has 0 N–H and O–H groups in total. The van der Waals surface area contributed by atoms with Gasteiger partial charge >= 0.3 is 6.18 Å². The van der Waals surface area contributed by atoms with Gasteiger partial charge in [0.2, 0.25) is 0 Å². The maximum atomic E-state index is 11.9. The van der Waals surface area contributed by atoms with Gasteiger partial charge in [0, 0.05) is 44.4 Å². The van der Waals surface area contributed by atoms with Crippen LogP contribution in [0.25, 0.3) is 0 Å². The Kier molecular flexibility index (Phi) is 5.53. The van der Waals surface area contributed by atoms with Gasteiger partial charge in [0.25, 0.3) is 0 Å². The van der Waals surface area contributed by atoms with E-state index < -0.39 is 12.6 Å². The van der Waals surface area contributed by atoms with Crippen molar-refractivity contribution in [2.75, 3.05) is 25.2 Å². The summed E-state index contributed by atoms with van der Waals surface area (Å²) in [5.41, 5.74) is -0.330. The SMILES string of the molecule is FC(F)(F)CCCOC1(CBr)CCOCC1. The summed E-state index contributed by atoms with van der Waals surface area (Å²) in [4.78, 5) is 0. The molecule has 1 heterocycles. The van der Waals surface area contributed by atoms with Gasteiger partial charge in [0.05, 0.1) is 5.60 Å². The molecule has 0 amide bonds. The third kappa shape index (κ3) is 5.01. The van der Waals surface area contributed by atoms with E-state index in [2.05, 4.69) is 15.9 Å². The van der Waals surface area contributed by atoms with Gasteiger partial charge in [-0.1, -0.05) is 15.9 Å². The van der Waals surface area contributed by atoms with E-state index in [1.807, 2.05) is 0 Å². The fourth-order valence-electron chi connectivity index (χ4n) is 1.62. The monoisotopic (exact) mass is 304 g/mol. The number of hydrogen-bond donors (Lipinski definition) is 0. The first kappa shape index (κ1) is 14.3. The zero-order chi connectivity index (χ0) is 12.1. The lowest BCUT2D eigenvalue weighted by molar-refractivity contribution is -0.145. The van der Waals surface area contributed by atoms with E-state index in [1.165, 1.54) is 0 Å². The Bertz CT molecular complexity index is 203. The van der Waals surface area contributed by atoms with Crippen LogP contribution in [0.5, 0.6) is 0 Å². The minimum Gasteiger partial charge on any atom is -0.381 e. The fraction of sp³-hybridized carbons (Fsp3) is 1.00. The highest BCUT2D eigenvalue weighted by Crippen LogP contribution is 2.28. The molecule has 0 atom stereocenters. The molecule has 0 bridgehead atoms. The lowest BCUT2D eigenvalue weighted by Crippen LogP contribution is -2.41. The van der Waals surface area contributed by atoms with E-state index in [4.69, 9.17) is 9.47 Å². The molecule has 0 aromatic carbocycles. The third-order valence-corrected chi connectivity index (χ3v) is 3.68. The molecule has 2 nitrogen and oxygen atoms in total. The molecular formula is C10H16BrF3O2. The van der Waals surface area contributed by atoms with Crippen LogP contribution in [0, 0.1) is 0 Å². The normalized spacial score (nSPS) is 21.0. The molecule has 0 radical (unpaired) electrons. The Morgan fingerprint density at radius 2 is 1.88 bits per heavy atom. The van der Waals surface area contributed by atoms with Crippen LogP contribution in [0.2, 0.25) is 0 Å². The van der Waals surface area contributed by atoms with Crippen molar-refractivity contribution in [2.24, 2.45) is 0 Å². The summed E-state index contributed by atoms with van der Waals surface area (Å²) in [6.45, 7) is 1.39. The maximum Gasteiger partial charge on any atom is 0.389 e. The molecule has 1 aliphatic heterocycles. The lowest BCUT2D eigenvalue weighted by atomic mass is 9.96. The van der Waals surface area contributed by atoms with Gasteiger partial charge in [-0.2, -0.15) is 13.2 Å². The summed E-state index contributed by atoms with van der Waals surface area (Å²) in [6.07, 6.45) is -3.35. The third-order valence-electron chi connectivity index (χ3n) is 2.66. The topological polar surface area (TPSA) is 18.5 Å². The predicted octanol–water partition coefficient (Wildman–Crippen LogP) is 3.29. The second kappa shape index (κ2) is 6.21. The zero-order valence-electron chi connectivity index (χ0n) is 8.99. The molecule has 6 heteroatoms. The van der Waals surface area contributed by atoms with Crippen molar-refractivity contribution in [3.63, 3.8) is 0 Å². The zero-order valence-corrected chi connectivity index (χ0v) is 10.6. The summed E-state index contributed by atoms with van der Waals surface area (Å²) in [5, 5.41) is 0.648. The van der Waals surface area contributed by atoms with Crippen LogP contribution in [0.15, 0.2) is 0 Å². The van der Waals surface area contributed by atoms with E-state index in [9.17, 15) is 13.2 Å². The van der Waals surface area contributed by atoms with Crippen LogP contribution >= 0.6 is 15.9 Å². The van der Waals surface area contributed by atoms with Crippen LogP contribution in [0.3, 0.4) is 0 Å². The number of rotatable bonds is 5. The van der Waals surface area contributed by atoms with Crippen molar-refractivity contribution in [3.05, 3.63) is 0 Å². The van der Waals surface area contributed by atoms with Crippen molar-refractivity contribution < 1.29 is 22.6 Å². The lowest BCUT2D eigenvalue weighted by Gasteiger charge is -2.35. The number of ether oxygens (including phenoxy) is 2. The Morgan fingerprint density at radius 1 is 1.25 bits per heavy atom. The Hall–Kier alpha value is 0.190. The van der Waals surface area contributed by atoms with Gasteiger partial charge in [-0.15, -0.1) is 0 Å². The number of halogens is 4. The maximum absolute atomic E-state index is 11.9. The molecule has 1 rings (SSSR count). The summed E-state index contributed by atoms with van der Waals surface area (Å²) in [6, 6.07) is 0. The standard InChI is InChI=1S/C10H16BrF3O2/c11-8-9(3-6-15-7-4-9)16-5-1-2-10(12,13)14/h1-8H2. The van der Waals surface area contributed by atoms with Gasteiger partial charge in [-0.3, -0.25) is 0 Å². The molecule has 0 spiro atoms. The van der Waals surface area contributed by atoms with Gasteiger partial charge in [0.15, 0.2) is 0 Å². The van der Waals surface area contributed by atoms with Crippen molar-refractivity contribution in [2.45, 2.75) is 37.5 Å². The van der Waals surface area contributed by atoms with E-state index >= 15 is 0 Å². The van der Waals surface area contributed by atoms with E-state index in [-0.39, 0.29) is 18.6 Å². The molecule has 0 aromatic rings. The molecule has 0 aliphatic carbocycles. The quantitative estimate of drug-likeness (QED) is 0.573. The average molecular weight is 305 g/mol. The first-order valence-electron chi connectivity index (χ1n) is 5.32.